The van der Waals surface area contributed by atoms with E-state index < -0.39 is 5.97 Å². The first-order valence-electron chi connectivity index (χ1n) is 4.83. The number of carboxylic acids is 1. The van der Waals surface area contributed by atoms with E-state index in [1.165, 1.54) is 0 Å². The van der Waals surface area contributed by atoms with Gasteiger partial charge in [-0.3, -0.25) is 4.79 Å². The summed E-state index contributed by atoms with van der Waals surface area (Å²) in [4.78, 5) is 12.7. The number of hydrogen-bond acceptors (Lipinski definition) is 3. The van der Waals surface area contributed by atoms with Crippen LogP contribution in [0.3, 0.4) is 0 Å². The van der Waals surface area contributed by atoms with Gasteiger partial charge in [-0.2, -0.15) is 0 Å². The molecule has 4 heteroatoms. The highest BCUT2D eigenvalue weighted by atomic mass is 16.4. The maximum Gasteiger partial charge on any atom is 0.303 e. The van der Waals surface area contributed by atoms with E-state index in [1.54, 1.807) is 0 Å². The molecule has 2 N–H and O–H groups in total. The van der Waals surface area contributed by atoms with Gasteiger partial charge in [0.2, 0.25) is 0 Å². The van der Waals surface area contributed by atoms with Crippen molar-refractivity contribution in [3.8, 4) is 0 Å². The molecular weight excluding hydrogens is 168 g/mol. The highest BCUT2D eigenvalue weighted by molar-refractivity contribution is 5.66. The summed E-state index contributed by atoms with van der Waals surface area (Å²) in [6.07, 6.45) is 0.282. The van der Waals surface area contributed by atoms with Crippen molar-refractivity contribution in [1.29, 1.82) is 0 Å². The summed E-state index contributed by atoms with van der Waals surface area (Å²) >= 11 is 0. The first-order chi connectivity index (χ1) is 6.18. The van der Waals surface area contributed by atoms with Crippen LogP contribution >= 0.6 is 0 Å². The lowest BCUT2D eigenvalue weighted by Crippen LogP contribution is -2.45. The first kappa shape index (κ1) is 10.5. The fourth-order valence-corrected chi connectivity index (χ4v) is 1.70. The Balaban J connectivity index is 2.18. The average molecular weight is 186 g/mol. The molecule has 1 saturated heterocycles. The second-order valence-electron chi connectivity index (χ2n) is 3.75. The van der Waals surface area contributed by atoms with Crippen LogP contribution in [0.2, 0.25) is 0 Å². The van der Waals surface area contributed by atoms with E-state index in [0.29, 0.717) is 0 Å². The highest BCUT2D eigenvalue weighted by Crippen LogP contribution is 2.05. The summed E-state index contributed by atoms with van der Waals surface area (Å²) in [5, 5.41) is 11.9. The van der Waals surface area contributed by atoms with Crippen LogP contribution in [0.25, 0.3) is 0 Å². The molecule has 76 valence electrons. The Morgan fingerprint density at radius 2 is 2.15 bits per heavy atom. The highest BCUT2D eigenvalue weighted by Gasteiger charge is 2.14. The van der Waals surface area contributed by atoms with Crippen molar-refractivity contribution in [3.05, 3.63) is 0 Å². The van der Waals surface area contributed by atoms with Crippen molar-refractivity contribution < 1.29 is 9.90 Å². The smallest absolute Gasteiger partial charge is 0.303 e. The Labute approximate surface area is 78.9 Å². The van der Waals surface area contributed by atoms with Gasteiger partial charge in [0.25, 0.3) is 0 Å². The largest absolute Gasteiger partial charge is 0.481 e. The number of aliphatic carboxylic acids is 1. The van der Waals surface area contributed by atoms with E-state index in [-0.39, 0.29) is 12.3 Å². The molecule has 1 heterocycles. The second kappa shape index (κ2) is 5.19. The van der Waals surface area contributed by atoms with Gasteiger partial charge in [-0.15, -0.1) is 0 Å². The molecular formula is C9H18N2O2. The van der Waals surface area contributed by atoms with Gasteiger partial charge in [0, 0.05) is 39.1 Å². The molecule has 4 nitrogen and oxygen atoms in total. The fourth-order valence-electron chi connectivity index (χ4n) is 1.70. The summed E-state index contributed by atoms with van der Waals surface area (Å²) in [7, 11) is 0. The van der Waals surface area contributed by atoms with Crippen molar-refractivity contribution in [1.82, 2.24) is 10.2 Å². The normalized spacial score (nSPS) is 21.3. The predicted molar refractivity (Wildman–Crippen MR) is 50.7 cm³/mol. The molecule has 0 saturated carbocycles. The van der Waals surface area contributed by atoms with Crippen LogP contribution in [0.4, 0.5) is 0 Å². The van der Waals surface area contributed by atoms with Gasteiger partial charge in [-0.05, 0) is 5.92 Å². The number of nitrogens with one attached hydrogen (secondary N) is 1. The molecule has 0 aromatic rings. The second-order valence-corrected chi connectivity index (χ2v) is 3.75. The quantitative estimate of drug-likeness (QED) is 0.649. The molecule has 1 aliphatic rings. The van der Waals surface area contributed by atoms with Crippen LogP contribution < -0.4 is 5.32 Å². The Hall–Kier alpha value is -0.610. The topological polar surface area (TPSA) is 52.6 Å². The van der Waals surface area contributed by atoms with E-state index >= 15 is 0 Å². The van der Waals surface area contributed by atoms with Crippen LogP contribution in [0.1, 0.15) is 13.3 Å². The van der Waals surface area contributed by atoms with E-state index in [4.69, 9.17) is 5.11 Å². The third-order valence-electron chi connectivity index (χ3n) is 2.30. The van der Waals surface area contributed by atoms with Gasteiger partial charge in [0.05, 0.1) is 0 Å². The minimum absolute atomic E-state index is 0.260. The maximum absolute atomic E-state index is 10.4. The lowest BCUT2D eigenvalue weighted by atomic mass is 10.1. The minimum Gasteiger partial charge on any atom is -0.481 e. The molecule has 0 radical (unpaired) electrons. The van der Waals surface area contributed by atoms with Crippen molar-refractivity contribution >= 4 is 5.97 Å². The summed E-state index contributed by atoms with van der Waals surface area (Å²) < 4.78 is 0. The van der Waals surface area contributed by atoms with Gasteiger partial charge in [-0.1, -0.05) is 6.92 Å². The minimum atomic E-state index is -0.692. The molecule has 0 bridgehead atoms. The number of carboxylic acid groups (broad SMARTS) is 1. The zero-order valence-electron chi connectivity index (χ0n) is 8.12. The van der Waals surface area contributed by atoms with Crippen molar-refractivity contribution in [2.24, 2.45) is 5.92 Å². The van der Waals surface area contributed by atoms with E-state index in [9.17, 15) is 4.79 Å². The zero-order chi connectivity index (χ0) is 9.68. The van der Waals surface area contributed by atoms with Crippen molar-refractivity contribution in [2.45, 2.75) is 13.3 Å². The number of rotatable bonds is 4. The van der Waals surface area contributed by atoms with E-state index in [0.717, 1.165) is 32.7 Å². The van der Waals surface area contributed by atoms with E-state index in [2.05, 4.69) is 10.2 Å². The molecule has 0 spiro atoms. The average Bonchev–Trinajstić information content (AvgIpc) is 2.04. The Kier molecular flexibility index (Phi) is 4.18. The summed E-state index contributed by atoms with van der Waals surface area (Å²) in [5.74, 6) is -0.432. The molecule has 1 rings (SSSR count). The molecule has 13 heavy (non-hydrogen) atoms. The van der Waals surface area contributed by atoms with Gasteiger partial charge in [0.15, 0.2) is 0 Å². The van der Waals surface area contributed by atoms with Crippen molar-refractivity contribution in [3.63, 3.8) is 0 Å². The standard InChI is InChI=1S/C9H18N2O2/c1-8(6-9(12)13)7-11-4-2-10-3-5-11/h8,10H,2-7H2,1H3,(H,12,13). The number of piperazine rings is 1. The summed E-state index contributed by atoms with van der Waals surface area (Å²) in [6.45, 7) is 7.05. The van der Waals surface area contributed by atoms with Crippen LogP contribution in [0.5, 0.6) is 0 Å². The molecule has 0 aromatic heterocycles. The molecule has 1 fully saturated rings. The van der Waals surface area contributed by atoms with E-state index in [1.807, 2.05) is 6.92 Å². The fraction of sp³-hybridized carbons (Fsp3) is 0.889. The molecule has 0 aromatic carbocycles. The first-order valence-corrected chi connectivity index (χ1v) is 4.83. The molecule has 1 unspecified atom stereocenters. The van der Waals surface area contributed by atoms with Gasteiger partial charge >= 0.3 is 5.97 Å². The Bertz CT molecular complexity index is 167. The Morgan fingerprint density at radius 3 is 2.69 bits per heavy atom. The molecule has 0 aliphatic carbocycles. The van der Waals surface area contributed by atoms with Crippen molar-refractivity contribution in [2.75, 3.05) is 32.7 Å². The molecule has 0 amide bonds. The van der Waals surface area contributed by atoms with Crippen LogP contribution in [-0.4, -0.2) is 48.7 Å². The third-order valence-corrected chi connectivity index (χ3v) is 2.30. The summed E-state index contributed by atoms with van der Waals surface area (Å²) in [5.41, 5.74) is 0. The monoisotopic (exact) mass is 186 g/mol. The predicted octanol–water partition coefficient (Wildman–Crippen LogP) is 0.00240. The number of nitrogens with zero attached hydrogens (tertiary/aromatic N) is 1. The third kappa shape index (κ3) is 4.24. The molecule has 1 aliphatic heterocycles. The SMILES string of the molecule is CC(CC(=O)O)CN1CCNCC1. The van der Waals surface area contributed by atoms with Gasteiger partial charge in [-0.25, -0.2) is 0 Å². The van der Waals surface area contributed by atoms with Crippen LogP contribution in [0.15, 0.2) is 0 Å². The number of hydrogen-bond donors (Lipinski definition) is 2. The lowest BCUT2D eigenvalue weighted by Gasteiger charge is -2.29. The maximum atomic E-state index is 10.4. The van der Waals surface area contributed by atoms with Crippen LogP contribution in [0, 0.1) is 5.92 Å². The molecule has 1 atom stereocenters. The van der Waals surface area contributed by atoms with Gasteiger partial charge < -0.3 is 15.3 Å². The number of carbonyl (C=O) groups is 1. The van der Waals surface area contributed by atoms with Crippen LogP contribution in [-0.2, 0) is 4.79 Å². The lowest BCUT2D eigenvalue weighted by molar-refractivity contribution is -0.138. The Morgan fingerprint density at radius 1 is 1.54 bits per heavy atom. The van der Waals surface area contributed by atoms with Gasteiger partial charge in [0.1, 0.15) is 0 Å². The summed E-state index contributed by atoms with van der Waals surface area (Å²) in [6, 6.07) is 0. The zero-order valence-corrected chi connectivity index (χ0v) is 8.12.